The number of rotatable bonds is 4. The van der Waals surface area contributed by atoms with Crippen LogP contribution in [0.1, 0.15) is 39.2 Å². The number of amides is 1. The Hall–Kier alpha value is -2.41. The van der Waals surface area contributed by atoms with Crippen molar-refractivity contribution in [2.45, 2.75) is 25.7 Å². The number of methoxy groups -OCH3 is 1. The molecule has 0 saturated carbocycles. The van der Waals surface area contributed by atoms with Gasteiger partial charge in [-0.05, 0) is 37.3 Å². The summed E-state index contributed by atoms with van der Waals surface area (Å²) in [5, 5.41) is 7.45. The average Bonchev–Trinajstić information content (AvgIpc) is 3.15. The number of fused-ring (bicyclic) bond motifs is 1. The largest absolute Gasteiger partial charge is 0.465 e. The average molecular weight is 345 g/mol. The highest BCUT2D eigenvalue weighted by atomic mass is 32.1. The molecule has 1 aliphatic rings. The summed E-state index contributed by atoms with van der Waals surface area (Å²) in [7, 11) is 3.18. The molecule has 0 radical (unpaired) electrons. The van der Waals surface area contributed by atoms with Gasteiger partial charge in [0.05, 0.1) is 18.9 Å². The molecule has 0 spiro atoms. The normalized spacial score (nSPS) is 13.8. The summed E-state index contributed by atoms with van der Waals surface area (Å²) in [5.41, 5.74) is 2.39. The lowest BCUT2D eigenvalue weighted by atomic mass is 9.95. The Morgan fingerprint density at radius 2 is 2.17 bits per heavy atom. The third-order valence-electron chi connectivity index (χ3n) is 3.95. The van der Waals surface area contributed by atoms with Crippen molar-refractivity contribution in [2.24, 2.45) is 7.05 Å². The van der Waals surface area contributed by atoms with Crippen molar-refractivity contribution in [3.63, 3.8) is 0 Å². The highest BCUT2D eigenvalue weighted by molar-refractivity contribution is 7.17. The van der Waals surface area contributed by atoms with Gasteiger partial charge in [0.25, 0.3) is 0 Å². The predicted octanol–water partition coefficient (Wildman–Crippen LogP) is 2.80. The first-order valence-electron chi connectivity index (χ1n) is 7.79. The maximum Gasteiger partial charge on any atom is 0.341 e. The van der Waals surface area contributed by atoms with E-state index in [2.05, 4.69) is 10.4 Å². The maximum atomic E-state index is 12.2. The van der Waals surface area contributed by atoms with Gasteiger partial charge in [0, 0.05) is 29.8 Å². The van der Waals surface area contributed by atoms with E-state index >= 15 is 0 Å². The number of aromatic nitrogens is 2. The number of hydrogen-bond donors (Lipinski definition) is 1. The van der Waals surface area contributed by atoms with E-state index < -0.39 is 0 Å². The summed E-state index contributed by atoms with van der Waals surface area (Å²) in [6.45, 7) is 0. The van der Waals surface area contributed by atoms with Crippen molar-refractivity contribution in [1.82, 2.24) is 9.78 Å². The second-order valence-corrected chi connectivity index (χ2v) is 6.78. The minimum atomic E-state index is -0.388. The smallest absolute Gasteiger partial charge is 0.341 e. The molecule has 6 nitrogen and oxygen atoms in total. The van der Waals surface area contributed by atoms with Crippen LogP contribution in [0, 0.1) is 0 Å². The van der Waals surface area contributed by atoms with Gasteiger partial charge in [-0.25, -0.2) is 4.79 Å². The quantitative estimate of drug-likeness (QED) is 0.683. The summed E-state index contributed by atoms with van der Waals surface area (Å²) in [6, 6.07) is 0. The lowest BCUT2D eigenvalue weighted by Crippen LogP contribution is -2.13. The lowest BCUT2D eigenvalue weighted by molar-refractivity contribution is -0.111. The standard InChI is InChI=1S/C17H19N3O3S/c1-20-10-11(9-18-20)7-8-14(21)19-16-15(17(22)23-2)12-5-3-4-6-13(12)24-16/h7-10H,3-6H2,1-2H3,(H,19,21). The Bertz CT molecular complexity index is 804. The van der Waals surface area contributed by atoms with Crippen LogP contribution in [0.3, 0.4) is 0 Å². The van der Waals surface area contributed by atoms with Gasteiger partial charge in [-0.2, -0.15) is 5.10 Å². The van der Waals surface area contributed by atoms with Crippen LogP contribution in [0.5, 0.6) is 0 Å². The van der Waals surface area contributed by atoms with Crippen molar-refractivity contribution in [3.8, 4) is 0 Å². The van der Waals surface area contributed by atoms with E-state index in [-0.39, 0.29) is 11.9 Å². The van der Waals surface area contributed by atoms with Gasteiger partial charge in [-0.3, -0.25) is 9.48 Å². The molecule has 2 aromatic rings. The van der Waals surface area contributed by atoms with E-state index in [4.69, 9.17) is 4.74 Å². The van der Waals surface area contributed by atoms with Crippen LogP contribution in [-0.2, 0) is 29.4 Å². The molecule has 126 valence electrons. The summed E-state index contributed by atoms with van der Waals surface area (Å²) >= 11 is 1.48. The fourth-order valence-corrected chi connectivity index (χ4v) is 4.10. The number of carbonyl (C=O) groups is 2. The van der Waals surface area contributed by atoms with Gasteiger partial charge in [-0.1, -0.05) is 0 Å². The van der Waals surface area contributed by atoms with E-state index in [1.807, 2.05) is 13.2 Å². The zero-order valence-corrected chi connectivity index (χ0v) is 14.5. The van der Waals surface area contributed by atoms with Crippen LogP contribution in [0.4, 0.5) is 5.00 Å². The van der Waals surface area contributed by atoms with Gasteiger partial charge >= 0.3 is 5.97 Å². The van der Waals surface area contributed by atoms with Gasteiger partial charge in [0.15, 0.2) is 0 Å². The van der Waals surface area contributed by atoms with Crippen LogP contribution in [0.25, 0.3) is 6.08 Å². The fraction of sp³-hybridized carbons (Fsp3) is 0.353. The van der Waals surface area contributed by atoms with Gasteiger partial charge in [0.2, 0.25) is 5.91 Å². The number of hydrogen-bond acceptors (Lipinski definition) is 5. The molecule has 0 atom stereocenters. The molecule has 0 unspecified atom stereocenters. The van der Waals surface area contributed by atoms with Gasteiger partial charge in [-0.15, -0.1) is 11.3 Å². The Labute approximate surface area is 144 Å². The monoisotopic (exact) mass is 345 g/mol. The first kappa shape index (κ1) is 16.4. The van der Waals surface area contributed by atoms with Crippen molar-refractivity contribution in [3.05, 3.63) is 40.0 Å². The minimum Gasteiger partial charge on any atom is -0.465 e. The molecular formula is C17H19N3O3S. The molecule has 3 rings (SSSR count). The van der Waals surface area contributed by atoms with E-state index in [0.717, 1.165) is 36.8 Å². The number of thiophene rings is 1. The molecule has 0 aromatic carbocycles. The Morgan fingerprint density at radius 3 is 2.88 bits per heavy atom. The van der Waals surface area contributed by atoms with Crippen molar-refractivity contribution < 1.29 is 14.3 Å². The summed E-state index contributed by atoms with van der Waals surface area (Å²) in [5.74, 6) is -0.663. The minimum absolute atomic E-state index is 0.275. The lowest BCUT2D eigenvalue weighted by Gasteiger charge is -2.11. The first-order valence-corrected chi connectivity index (χ1v) is 8.60. The molecule has 1 N–H and O–H groups in total. The number of ether oxygens (including phenoxy) is 1. The zero-order valence-electron chi connectivity index (χ0n) is 13.7. The van der Waals surface area contributed by atoms with Crippen molar-refractivity contribution in [2.75, 3.05) is 12.4 Å². The molecule has 2 aromatic heterocycles. The molecule has 1 aliphatic carbocycles. The molecule has 2 heterocycles. The number of nitrogens with one attached hydrogen (secondary N) is 1. The second-order valence-electron chi connectivity index (χ2n) is 5.68. The molecule has 0 fully saturated rings. The van der Waals surface area contributed by atoms with Crippen LogP contribution >= 0.6 is 11.3 Å². The summed E-state index contributed by atoms with van der Waals surface area (Å²) in [6.07, 6.45) is 10.6. The number of carbonyl (C=O) groups excluding carboxylic acids is 2. The summed E-state index contributed by atoms with van der Waals surface area (Å²) < 4.78 is 6.57. The molecule has 0 aliphatic heterocycles. The molecule has 0 saturated heterocycles. The SMILES string of the molecule is COC(=O)c1c(NC(=O)C=Cc2cnn(C)c2)sc2c1CCCC2. The molecule has 0 bridgehead atoms. The topological polar surface area (TPSA) is 73.2 Å². The molecular weight excluding hydrogens is 326 g/mol. The van der Waals surface area contributed by atoms with Gasteiger partial charge in [0.1, 0.15) is 5.00 Å². The van der Waals surface area contributed by atoms with Crippen LogP contribution in [-0.4, -0.2) is 28.8 Å². The third kappa shape index (κ3) is 3.41. The Balaban J connectivity index is 1.81. The Kier molecular flexibility index (Phi) is 4.80. The molecule has 7 heteroatoms. The van der Waals surface area contributed by atoms with Crippen LogP contribution in [0.2, 0.25) is 0 Å². The van der Waals surface area contributed by atoms with E-state index in [1.54, 1.807) is 17.0 Å². The summed E-state index contributed by atoms with van der Waals surface area (Å²) in [4.78, 5) is 25.5. The van der Waals surface area contributed by atoms with E-state index in [9.17, 15) is 9.59 Å². The number of aryl methyl sites for hydroxylation is 2. The molecule has 24 heavy (non-hydrogen) atoms. The van der Waals surface area contributed by atoms with Crippen LogP contribution in [0.15, 0.2) is 18.5 Å². The third-order valence-corrected chi connectivity index (χ3v) is 5.16. The number of anilines is 1. The number of nitrogens with zero attached hydrogens (tertiary/aromatic N) is 2. The van der Waals surface area contributed by atoms with Crippen molar-refractivity contribution in [1.29, 1.82) is 0 Å². The fourth-order valence-electron chi connectivity index (χ4n) is 2.82. The van der Waals surface area contributed by atoms with Gasteiger partial charge < -0.3 is 10.1 Å². The van der Waals surface area contributed by atoms with Crippen LogP contribution < -0.4 is 5.32 Å². The highest BCUT2D eigenvalue weighted by Gasteiger charge is 2.26. The first-order chi connectivity index (χ1) is 11.6. The molecule has 1 amide bonds. The Morgan fingerprint density at radius 1 is 1.38 bits per heavy atom. The highest BCUT2D eigenvalue weighted by Crippen LogP contribution is 2.38. The zero-order chi connectivity index (χ0) is 17.1. The second kappa shape index (κ2) is 7.00. The van der Waals surface area contributed by atoms with E-state index in [0.29, 0.717) is 10.6 Å². The van der Waals surface area contributed by atoms with E-state index in [1.165, 1.54) is 29.4 Å². The predicted molar refractivity (Wildman–Crippen MR) is 93.2 cm³/mol. The van der Waals surface area contributed by atoms with Crippen molar-refractivity contribution >= 4 is 34.3 Å². The number of esters is 1. The maximum absolute atomic E-state index is 12.2.